The molecule has 1 heterocycles. The van der Waals surface area contributed by atoms with Crippen molar-refractivity contribution in [2.24, 2.45) is 0 Å². The van der Waals surface area contributed by atoms with Gasteiger partial charge in [-0.15, -0.1) is 0 Å². The van der Waals surface area contributed by atoms with E-state index in [9.17, 15) is 4.79 Å². The predicted octanol–water partition coefficient (Wildman–Crippen LogP) is 6.94. The SMILES string of the molecule is O=C(Nc1ccccc1Sc1ccccc1)c1cn(-c2ccccc2)nc1-c1ccccc1. The summed E-state index contributed by atoms with van der Waals surface area (Å²) in [5, 5.41) is 7.86. The second-order valence-electron chi connectivity index (χ2n) is 7.40. The largest absolute Gasteiger partial charge is 0.321 e. The van der Waals surface area contributed by atoms with Gasteiger partial charge in [0.2, 0.25) is 0 Å². The zero-order valence-electron chi connectivity index (χ0n) is 17.8. The topological polar surface area (TPSA) is 46.9 Å². The number of hydrogen-bond acceptors (Lipinski definition) is 3. The molecule has 0 aliphatic rings. The molecule has 5 rings (SSSR count). The first-order valence-electron chi connectivity index (χ1n) is 10.6. The van der Waals surface area contributed by atoms with Crippen molar-refractivity contribution < 1.29 is 4.79 Å². The molecule has 1 N–H and O–H groups in total. The highest BCUT2D eigenvalue weighted by atomic mass is 32.2. The van der Waals surface area contributed by atoms with Crippen LogP contribution in [-0.2, 0) is 0 Å². The van der Waals surface area contributed by atoms with E-state index in [1.807, 2.05) is 103 Å². The van der Waals surface area contributed by atoms with Gasteiger partial charge in [0.15, 0.2) is 0 Å². The number of amides is 1. The van der Waals surface area contributed by atoms with E-state index in [4.69, 9.17) is 5.10 Å². The minimum absolute atomic E-state index is 0.197. The summed E-state index contributed by atoms with van der Waals surface area (Å²) in [4.78, 5) is 15.6. The van der Waals surface area contributed by atoms with Crippen molar-refractivity contribution in [3.05, 3.63) is 127 Å². The molecule has 5 heteroatoms. The van der Waals surface area contributed by atoms with Crippen LogP contribution in [0.15, 0.2) is 131 Å². The van der Waals surface area contributed by atoms with Gasteiger partial charge >= 0.3 is 0 Å². The van der Waals surface area contributed by atoms with Gasteiger partial charge in [0.1, 0.15) is 5.69 Å². The Balaban J connectivity index is 1.50. The first-order chi connectivity index (χ1) is 16.3. The van der Waals surface area contributed by atoms with E-state index >= 15 is 0 Å². The maximum absolute atomic E-state index is 13.5. The highest BCUT2D eigenvalue weighted by Crippen LogP contribution is 2.34. The lowest BCUT2D eigenvalue weighted by atomic mass is 10.1. The molecule has 33 heavy (non-hydrogen) atoms. The van der Waals surface area contributed by atoms with E-state index in [0.717, 1.165) is 26.7 Å². The molecule has 0 fully saturated rings. The summed E-state index contributed by atoms with van der Waals surface area (Å²) in [7, 11) is 0. The minimum atomic E-state index is -0.197. The fourth-order valence-electron chi connectivity index (χ4n) is 3.53. The van der Waals surface area contributed by atoms with Crippen molar-refractivity contribution in [3.8, 4) is 16.9 Å². The number of benzene rings is 4. The summed E-state index contributed by atoms with van der Waals surface area (Å²) in [5.74, 6) is -0.197. The molecule has 0 saturated heterocycles. The number of aromatic nitrogens is 2. The van der Waals surface area contributed by atoms with Crippen LogP contribution in [0.3, 0.4) is 0 Å². The summed E-state index contributed by atoms with van der Waals surface area (Å²) in [6.07, 6.45) is 1.79. The lowest BCUT2D eigenvalue weighted by Crippen LogP contribution is -2.13. The molecule has 4 aromatic carbocycles. The van der Waals surface area contributed by atoms with Gasteiger partial charge in [-0.25, -0.2) is 4.68 Å². The highest BCUT2D eigenvalue weighted by molar-refractivity contribution is 7.99. The van der Waals surface area contributed by atoms with Crippen molar-refractivity contribution in [1.29, 1.82) is 0 Å². The second kappa shape index (κ2) is 9.59. The normalized spacial score (nSPS) is 10.7. The summed E-state index contributed by atoms with van der Waals surface area (Å²) >= 11 is 1.62. The van der Waals surface area contributed by atoms with Crippen LogP contribution in [0.1, 0.15) is 10.4 Å². The second-order valence-corrected chi connectivity index (χ2v) is 8.52. The number of anilines is 1. The van der Waals surface area contributed by atoms with Crippen LogP contribution in [0.5, 0.6) is 0 Å². The smallest absolute Gasteiger partial charge is 0.259 e. The summed E-state index contributed by atoms with van der Waals surface area (Å²) < 4.78 is 1.75. The van der Waals surface area contributed by atoms with Crippen molar-refractivity contribution in [2.45, 2.75) is 9.79 Å². The van der Waals surface area contributed by atoms with Crippen LogP contribution < -0.4 is 5.32 Å². The maximum Gasteiger partial charge on any atom is 0.259 e. The third kappa shape index (κ3) is 4.73. The number of carbonyl (C=O) groups is 1. The van der Waals surface area contributed by atoms with Crippen LogP contribution in [-0.4, -0.2) is 15.7 Å². The van der Waals surface area contributed by atoms with Gasteiger partial charge in [-0.05, 0) is 36.4 Å². The molecule has 0 unspecified atom stereocenters. The Morgan fingerprint density at radius 2 is 1.33 bits per heavy atom. The van der Waals surface area contributed by atoms with Crippen molar-refractivity contribution in [2.75, 3.05) is 5.32 Å². The van der Waals surface area contributed by atoms with E-state index < -0.39 is 0 Å². The molecular formula is C28H21N3OS. The number of carbonyl (C=O) groups excluding carboxylic acids is 1. The highest BCUT2D eigenvalue weighted by Gasteiger charge is 2.19. The first-order valence-corrected chi connectivity index (χ1v) is 11.4. The van der Waals surface area contributed by atoms with Crippen LogP contribution >= 0.6 is 11.8 Å². The molecule has 0 spiro atoms. The Hall–Kier alpha value is -4.09. The lowest BCUT2D eigenvalue weighted by molar-refractivity contribution is 0.102. The molecule has 0 bridgehead atoms. The summed E-state index contributed by atoms with van der Waals surface area (Å²) in [6.45, 7) is 0. The molecule has 160 valence electrons. The number of para-hydroxylation sites is 2. The molecule has 4 nitrogen and oxygen atoms in total. The Labute approximate surface area is 196 Å². The Morgan fingerprint density at radius 3 is 2.06 bits per heavy atom. The summed E-state index contributed by atoms with van der Waals surface area (Å²) in [6, 6.07) is 37.5. The van der Waals surface area contributed by atoms with Gasteiger partial charge < -0.3 is 5.32 Å². The molecule has 0 atom stereocenters. The number of nitrogens with one attached hydrogen (secondary N) is 1. The number of rotatable bonds is 6. The van der Waals surface area contributed by atoms with Crippen molar-refractivity contribution in [3.63, 3.8) is 0 Å². The van der Waals surface area contributed by atoms with Crippen molar-refractivity contribution >= 4 is 23.4 Å². The molecule has 0 saturated carbocycles. The molecule has 0 radical (unpaired) electrons. The molecular weight excluding hydrogens is 426 g/mol. The van der Waals surface area contributed by atoms with E-state index in [1.165, 1.54) is 0 Å². The fraction of sp³-hybridized carbons (Fsp3) is 0. The number of nitrogens with zero attached hydrogens (tertiary/aromatic N) is 2. The van der Waals surface area contributed by atoms with Gasteiger partial charge in [0.05, 0.1) is 16.9 Å². The third-order valence-electron chi connectivity index (χ3n) is 5.13. The average Bonchev–Trinajstić information content (AvgIpc) is 3.33. The van der Waals surface area contributed by atoms with Crippen LogP contribution in [0.25, 0.3) is 16.9 Å². The molecule has 5 aromatic rings. The maximum atomic E-state index is 13.5. The first kappa shape index (κ1) is 20.8. The van der Waals surface area contributed by atoms with Crippen molar-refractivity contribution in [1.82, 2.24) is 9.78 Å². The Kier molecular flexibility index (Phi) is 6.04. The molecule has 1 aromatic heterocycles. The zero-order valence-corrected chi connectivity index (χ0v) is 18.6. The van der Waals surface area contributed by atoms with E-state index in [-0.39, 0.29) is 5.91 Å². The molecule has 1 amide bonds. The Morgan fingerprint density at radius 1 is 0.727 bits per heavy atom. The standard InChI is InChI=1S/C28H21N3OS/c32-28(29-25-18-10-11-19-26(25)33-23-16-8-3-9-17-23)24-20-31(22-14-6-2-7-15-22)30-27(24)21-12-4-1-5-13-21/h1-20H,(H,29,32). The van der Waals surface area contributed by atoms with Gasteiger partial charge in [0.25, 0.3) is 5.91 Å². The lowest BCUT2D eigenvalue weighted by Gasteiger charge is -2.11. The minimum Gasteiger partial charge on any atom is -0.321 e. The van der Waals surface area contributed by atoms with Gasteiger partial charge in [0, 0.05) is 21.6 Å². The molecule has 0 aliphatic heterocycles. The number of hydrogen-bond donors (Lipinski definition) is 1. The zero-order chi connectivity index (χ0) is 22.5. The quantitative estimate of drug-likeness (QED) is 0.307. The van der Waals surface area contributed by atoms with Crippen LogP contribution in [0, 0.1) is 0 Å². The van der Waals surface area contributed by atoms with Gasteiger partial charge in [-0.1, -0.05) is 90.6 Å². The average molecular weight is 448 g/mol. The predicted molar refractivity (Wildman–Crippen MR) is 134 cm³/mol. The van der Waals surface area contributed by atoms with Gasteiger partial charge in [-0.2, -0.15) is 5.10 Å². The Bertz CT molecular complexity index is 1370. The monoisotopic (exact) mass is 447 g/mol. The fourth-order valence-corrected chi connectivity index (χ4v) is 4.45. The van der Waals surface area contributed by atoms with Gasteiger partial charge in [-0.3, -0.25) is 4.79 Å². The van der Waals surface area contributed by atoms with E-state index in [1.54, 1.807) is 22.6 Å². The summed E-state index contributed by atoms with van der Waals surface area (Å²) in [5.41, 5.74) is 3.72. The van der Waals surface area contributed by atoms with Crippen LogP contribution in [0.2, 0.25) is 0 Å². The van der Waals surface area contributed by atoms with E-state index in [2.05, 4.69) is 17.4 Å². The third-order valence-corrected chi connectivity index (χ3v) is 6.22. The van der Waals surface area contributed by atoms with Crippen LogP contribution in [0.4, 0.5) is 5.69 Å². The molecule has 0 aliphatic carbocycles. The van der Waals surface area contributed by atoms with E-state index in [0.29, 0.717) is 11.3 Å².